The van der Waals surface area contributed by atoms with Gasteiger partial charge in [-0.25, -0.2) is 0 Å². The molecule has 0 aromatic heterocycles. The third kappa shape index (κ3) is 4.75. The lowest BCUT2D eigenvalue weighted by Gasteiger charge is -2.09. The van der Waals surface area contributed by atoms with Gasteiger partial charge in [0.15, 0.2) is 0 Å². The van der Waals surface area contributed by atoms with Crippen molar-refractivity contribution in [1.29, 1.82) is 0 Å². The number of amides is 1. The molecular weight excluding hydrogens is 357 g/mol. The zero-order valence-corrected chi connectivity index (χ0v) is 14.7. The van der Waals surface area contributed by atoms with E-state index in [1.807, 2.05) is 30.3 Å². The van der Waals surface area contributed by atoms with Crippen LogP contribution in [0.15, 0.2) is 72.8 Å². The average Bonchev–Trinajstić information content (AvgIpc) is 2.62. The van der Waals surface area contributed by atoms with Gasteiger partial charge in [0.2, 0.25) is 0 Å². The van der Waals surface area contributed by atoms with Crippen molar-refractivity contribution in [2.24, 2.45) is 0 Å². The maximum Gasteiger partial charge on any atom is 0.251 e. The molecule has 0 heterocycles. The normalized spacial score (nSPS) is 10.3. The van der Waals surface area contributed by atoms with E-state index in [1.165, 1.54) is 0 Å². The summed E-state index contributed by atoms with van der Waals surface area (Å²) in [5.41, 5.74) is 1.36. The number of carbonyl (C=O) groups excluding carboxylic acids is 1. The quantitative estimate of drug-likeness (QED) is 0.623. The van der Waals surface area contributed by atoms with Crippen LogP contribution in [-0.4, -0.2) is 5.91 Å². The number of rotatable bonds is 5. The zero-order chi connectivity index (χ0) is 17.6. The molecule has 0 atom stereocenters. The van der Waals surface area contributed by atoms with Gasteiger partial charge < -0.3 is 10.1 Å². The van der Waals surface area contributed by atoms with E-state index in [0.717, 1.165) is 11.3 Å². The summed E-state index contributed by atoms with van der Waals surface area (Å²) >= 11 is 12.0. The summed E-state index contributed by atoms with van der Waals surface area (Å²) in [6, 6.07) is 21.6. The van der Waals surface area contributed by atoms with Crippen LogP contribution in [0.4, 0.5) is 0 Å². The van der Waals surface area contributed by atoms with Crippen molar-refractivity contribution in [3.05, 3.63) is 94.0 Å². The number of hydrogen-bond acceptors (Lipinski definition) is 2. The van der Waals surface area contributed by atoms with Gasteiger partial charge in [0.05, 0.1) is 0 Å². The van der Waals surface area contributed by atoms with E-state index in [1.54, 1.807) is 42.5 Å². The summed E-state index contributed by atoms with van der Waals surface area (Å²) in [6.45, 7) is 0.330. The zero-order valence-electron chi connectivity index (χ0n) is 13.2. The van der Waals surface area contributed by atoms with Crippen LogP contribution in [0.3, 0.4) is 0 Å². The molecule has 0 fully saturated rings. The molecule has 0 bridgehead atoms. The smallest absolute Gasteiger partial charge is 0.251 e. The number of nitrogens with one attached hydrogen (secondary N) is 1. The summed E-state index contributed by atoms with van der Waals surface area (Å²) in [5.74, 6) is 1.23. The van der Waals surface area contributed by atoms with Crippen molar-refractivity contribution in [3.63, 3.8) is 0 Å². The molecule has 3 rings (SSSR count). The van der Waals surface area contributed by atoms with E-state index < -0.39 is 0 Å². The van der Waals surface area contributed by atoms with Gasteiger partial charge in [-0.3, -0.25) is 4.79 Å². The van der Waals surface area contributed by atoms with Gasteiger partial charge >= 0.3 is 0 Å². The number of carbonyl (C=O) groups is 1. The number of para-hydroxylation sites is 1. The standard InChI is InChI=1S/C20H15Cl2NO2/c21-16-9-6-15(19(22)12-16)13-23-20(24)14-7-10-18(11-8-14)25-17-4-2-1-3-5-17/h1-12H,13H2,(H,23,24). The lowest BCUT2D eigenvalue weighted by Crippen LogP contribution is -2.22. The number of benzene rings is 3. The van der Waals surface area contributed by atoms with E-state index >= 15 is 0 Å². The fourth-order valence-corrected chi connectivity index (χ4v) is 2.72. The van der Waals surface area contributed by atoms with Crippen molar-refractivity contribution in [1.82, 2.24) is 5.32 Å². The van der Waals surface area contributed by atoms with Crippen LogP contribution in [-0.2, 0) is 6.54 Å². The maximum absolute atomic E-state index is 12.2. The van der Waals surface area contributed by atoms with E-state index in [2.05, 4.69) is 5.32 Å². The SMILES string of the molecule is O=C(NCc1ccc(Cl)cc1Cl)c1ccc(Oc2ccccc2)cc1. The Bertz CT molecular complexity index is 865. The molecule has 126 valence electrons. The molecule has 0 aliphatic heterocycles. The molecule has 1 N–H and O–H groups in total. The third-order valence-corrected chi connectivity index (χ3v) is 4.14. The maximum atomic E-state index is 12.2. The first-order chi connectivity index (χ1) is 12.1. The summed E-state index contributed by atoms with van der Waals surface area (Å²) < 4.78 is 5.71. The second kappa shape index (κ2) is 8.06. The van der Waals surface area contributed by atoms with Gasteiger partial charge in [0.1, 0.15) is 11.5 Å². The molecule has 3 aromatic rings. The molecule has 0 spiro atoms. The molecule has 1 amide bonds. The second-order valence-electron chi connectivity index (χ2n) is 5.36. The average molecular weight is 372 g/mol. The first kappa shape index (κ1) is 17.3. The topological polar surface area (TPSA) is 38.3 Å². The highest BCUT2D eigenvalue weighted by Crippen LogP contribution is 2.22. The van der Waals surface area contributed by atoms with E-state index in [-0.39, 0.29) is 5.91 Å². The molecule has 0 aliphatic rings. The first-order valence-corrected chi connectivity index (χ1v) is 8.42. The number of hydrogen-bond donors (Lipinski definition) is 1. The summed E-state index contributed by atoms with van der Waals surface area (Å²) in [7, 11) is 0. The molecule has 0 radical (unpaired) electrons. The van der Waals surface area contributed by atoms with Gasteiger partial charge in [-0.05, 0) is 54.1 Å². The summed E-state index contributed by atoms with van der Waals surface area (Å²) in [6.07, 6.45) is 0. The van der Waals surface area contributed by atoms with Crippen molar-refractivity contribution in [3.8, 4) is 11.5 Å². The molecule has 25 heavy (non-hydrogen) atoms. The predicted octanol–water partition coefficient (Wildman–Crippen LogP) is 5.72. The Labute approximate surface area is 156 Å². The van der Waals surface area contributed by atoms with Crippen LogP contribution >= 0.6 is 23.2 Å². The second-order valence-corrected chi connectivity index (χ2v) is 6.20. The van der Waals surface area contributed by atoms with E-state index in [4.69, 9.17) is 27.9 Å². The Hall–Kier alpha value is -2.49. The molecule has 5 heteroatoms. The molecule has 0 saturated carbocycles. The Morgan fingerprint density at radius 2 is 1.56 bits per heavy atom. The largest absolute Gasteiger partial charge is 0.457 e. The lowest BCUT2D eigenvalue weighted by atomic mass is 10.2. The van der Waals surface area contributed by atoms with Crippen LogP contribution in [0.5, 0.6) is 11.5 Å². The van der Waals surface area contributed by atoms with Crippen molar-refractivity contribution < 1.29 is 9.53 Å². The first-order valence-electron chi connectivity index (χ1n) is 7.67. The molecule has 0 saturated heterocycles. The third-order valence-electron chi connectivity index (χ3n) is 3.55. The minimum atomic E-state index is -0.183. The Morgan fingerprint density at radius 3 is 2.24 bits per heavy atom. The van der Waals surface area contributed by atoms with Gasteiger partial charge in [0.25, 0.3) is 5.91 Å². The van der Waals surface area contributed by atoms with Crippen molar-refractivity contribution in [2.45, 2.75) is 6.54 Å². The fraction of sp³-hybridized carbons (Fsp3) is 0.0500. The molecule has 0 aliphatic carbocycles. The predicted molar refractivity (Wildman–Crippen MR) is 101 cm³/mol. The number of ether oxygens (including phenoxy) is 1. The van der Waals surface area contributed by atoms with Gasteiger partial charge in [-0.2, -0.15) is 0 Å². The van der Waals surface area contributed by atoms with Crippen LogP contribution in [0, 0.1) is 0 Å². The molecule has 3 aromatic carbocycles. The van der Waals surface area contributed by atoms with Crippen LogP contribution in [0.25, 0.3) is 0 Å². The van der Waals surface area contributed by atoms with Crippen LogP contribution in [0.2, 0.25) is 10.0 Å². The van der Waals surface area contributed by atoms with E-state index in [9.17, 15) is 4.79 Å². The Kier molecular flexibility index (Phi) is 5.59. The molecular formula is C20H15Cl2NO2. The van der Waals surface area contributed by atoms with Crippen molar-refractivity contribution in [2.75, 3.05) is 0 Å². The fourth-order valence-electron chi connectivity index (χ4n) is 2.24. The minimum Gasteiger partial charge on any atom is -0.457 e. The van der Waals surface area contributed by atoms with Gasteiger partial charge in [-0.15, -0.1) is 0 Å². The van der Waals surface area contributed by atoms with Crippen LogP contribution in [0.1, 0.15) is 15.9 Å². The monoisotopic (exact) mass is 371 g/mol. The van der Waals surface area contributed by atoms with Gasteiger partial charge in [0, 0.05) is 22.2 Å². The van der Waals surface area contributed by atoms with E-state index in [0.29, 0.717) is 27.9 Å². The lowest BCUT2D eigenvalue weighted by molar-refractivity contribution is 0.0951. The highest BCUT2D eigenvalue weighted by Gasteiger charge is 2.08. The highest BCUT2D eigenvalue weighted by molar-refractivity contribution is 6.35. The molecule has 3 nitrogen and oxygen atoms in total. The highest BCUT2D eigenvalue weighted by atomic mass is 35.5. The summed E-state index contributed by atoms with van der Waals surface area (Å²) in [5, 5.41) is 3.93. The van der Waals surface area contributed by atoms with Gasteiger partial charge in [-0.1, -0.05) is 47.5 Å². The molecule has 0 unspecified atom stereocenters. The summed E-state index contributed by atoms with van der Waals surface area (Å²) in [4.78, 5) is 12.2. The Balaban J connectivity index is 1.60. The van der Waals surface area contributed by atoms with Crippen molar-refractivity contribution >= 4 is 29.1 Å². The van der Waals surface area contributed by atoms with Crippen LogP contribution < -0.4 is 10.1 Å². The minimum absolute atomic E-state index is 0.183. The number of halogens is 2. The Morgan fingerprint density at radius 1 is 0.880 bits per heavy atom.